The molecule has 0 saturated carbocycles. The number of benzene rings is 2. The van der Waals surface area contributed by atoms with Gasteiger partial charge in [-0.15, -0.1) is 0 Å². The third kappa shape index (κ3) is 3.28. The number of hydrogen-bond acceptors (Lipinski definition) is 4. The third-order valence-corrected chi connectivity index (χ3v) is 6.27. The summed E-state index contributed by atoms with van der Waals surface area (Å²) in [5, 5.41) is 3.41. The van der Waals surface area contributed by atoms with E-state index in [1.54, 1.807) is 24.3 Å². The number of halogens is 1. The summed E-state index contributed by atoms with van der Waals surface area (Å²) in [5.41, 5.74) is 0.311. The highest BCUT2D eigenvalue weighted by atomic mass is 32.2. The predicted octanol–water partition coefficient (Wildman–Crippen LogP) is 3.98. The number of ether oxygens (including phenoxy) is 1. The molecule has 4 nitrogen and oxygen atoms in total. The zero-order valence-corrected chi connectivity index (χ0v) is 15.8. The summed E-state index contributed by atoms with van der Waals surface area (Å²) in [6, 6.07) is 15.7. The highest BCUT2D eigenvalue weighted by molar-refractivity contribution is 8.13. The van der Waals surface area contributed by atoms with Crippen LogP contribution in [0, 0.1) is 11.7 Å². The predicted molar refractivity (Wildman–Crippen MR) is 105 cm³/mol. The summed E-state index contributed by atoms with van der Waals surface area (Å²) in [6.07, 6.45) is 0.884. The second kappa shape index (κ2) is 7.44. The lowest BCUT2D eigenvalue weighted by Crippen LogP contribution is -2.44. The van der Waals surface area contributed by atoms with E-state index in [0.717, 1.165) is 12.2 Å². The summed E-state index contributed by atoms with van der Waals surface area (Å²) < 4.78 is 20.7. The number of carbonyl (C=O) groups excluding carboxylic acids is 1. The van der Waals surface area contributed by atoms with Crippen LogP contribution in [-0.4, -0.2) is 29.5 Å². The Morgan fingerprint density at radius 3 is 2.74 bits per heavy atom. The Labute approximate surface area is 162 Å². The fourth-order valence-electron chi connectivity index (χ4n) is 3.88. The zero-order chi connectivity index (χ0) is 18.9. The van der Waals surface area contributed by atoms with Crippen molar-refractivity contribution in [2.24, 2.45) is 10.9 Å². The lowest BCUT2D eigenvalue weighted by Gasteiger charge is -2.36. The van der Waals surface area contributed by atoms with Gasteiger partial charge in [0.2, 0.25) is 0 Å². The third-order valence-electron chi connectivity index (χ3n) is 5.28. The number of amidine groups is 1. The molecule has 6 heteroatoms. The first-order valence-electron chi connectivity index (χ1n) is 9.09. The van der Waals surface area contributed by atoms with Crippen LogP contribution in [0.25, 0.3) is 0 Å². The van der Waals surface area contributed by atoms with Crippen LogP contribution in [0.2, 0.25) is 0 Å². The van der Waals surface area contributed by atoms with E-state index < -0.39 is 5.54 Å². The minimum absolute atomic E-state index is 0.0345. The molecule has 1 fully saturated rings. The molecule has 0 aliphatic carbocycles. The van der Waals surface area contributed by atoms with Crippen molar-refractivity contribution in [3.8, 4) is 0 Å². The lowest BCUT2D eigenvalue weighted by atomic mass is 9.78. The van der Waals surface area contributed by atoms with Crippen LogP contribution in [-0.2, 0) is 10.3 Å². The normalized spacial score (nSPS) is 27.0. The largest absolute Gasteiger partial charge is 0.375 e. The van der Waals surface area contributed by atoms with Crippen molar-refractivity contribution in [1.82, 2.24) is 5.32 Å². The molecule has 2 aromatic rings. The molecule has 27 heavy (non-hydrogen) atoms. The van der Waals surface area contributed by atoms with Gasteiger partial charge in [-0.3, -0.25) is 4.79 Å². The molecule has 0 spiro atoms. The van der Waals surface area contributed by atoms with Crippen molar-refractivity contribution < 1.29 is 13.9 Å². The van der Waals surface area contributed by atoms with Gasteiger partial charge in [0.15, 0.2) is 5.17 Å². The number of thioether (sulfide) groups is 1. The smallest absolute Gasteiger partial charge is 0.257 e. The minimum Gasteiger partial charge on any atom is -0.375 e. The van der Waals surface area contributed by atoms with Crippen LogP contribution < -0.4 is 5.32 Å². The van der Waals surface area contributed by atoms with E-state index >= 15 is 0 Å². The Morgan fingerprint density at radius 1 is 1.26 bits per heavy atom. The summed E-state index contributed by atoms with van der Waals surface area (Å²) in [7, 11) is 0. The fraction of sp³-hybridized carbons (Fsp3) is 0.333. The van der Waals surface area contributed by atoms with Crippen molar-refractivity contribution in [2.45, 2.75) is 25.0 Å². The van der Waals surface area contributed by atoms with Crippen molar-refractivity contribution in [1.29, 1.82) is 0 Å². The summed E-state index contributed by atoms with van der Waals surface area (Å²) in [4.78, 5) is 17.4. The molecule has 3 atom stereocenters. The number of carbonyl (C=O) groups is 1. The summed E-state index contributed by atoms with van der Waals surface area (Å²) in [6.45, 7) is 2.39. The maximum absolute atomic E-state index is 14.7. The highest BCUT2D eigenvalue weighted by Crippen LogP contribution is 2.48. The van der Waals surface area contributed by atoms with Crippen molar-refractivity contribution in [2.75, 3.05) is 12.4 Å². The van der Waals surface area contributed by atoms with E-state index in [9.17, 15) is 9.18 Å². The van der Waals surface area contributed by atoms with E-state index in [-0.39, 0.29) is 23.7 Å². The number of rotatable bonds is 3. The van der Waals surface area contributed by atoms with Crippen LogP contribution in [0.5, 0.6) is 0 Å². The van der Waals surface area contributed by atoms with Gasteiger partial charge in [-0.25, -0.2) is 9.38 Å². The Hall–Kier alpha value is -2.18. The van der Waals surface area contributed by atoms with Gasteiger partial charge in [-0.05, 0) is 24.6 Å². The number of nitrogens with zero attached hydrogens (tertiary/aromatic N) is 1. The van der Waals surface area contributed by atoms with Crippen molar-refractivity contribution in [3.05, 3.63) is 71.5 Å². The first-order valence-corrected chi connectivity index (χ1v) is 10.1. The van der Waals surface area contributed by atoms with Gasteiger partial charge >= 0.3 is 0 Å². The maximum atomic E-state index is 14.7. The second-order valence-electron chi connectivity index (χ2n) is 6.82. The Morgan fingerprint density at radius 2 is 2.00 bits per heavy atom. The van der Waals surface area contributed by atoms with E-state index in [1.807, 2.05) is 24.3 Å². The van der Waals surface area contributed by atoms with E-state index in [1.165, 1.54) is 17.8 Å². The van der Waals surface area contributed by atoms with Crippen molar-refractivity contribution in [3.63, 3.8) is 0 Å². The molecule has 0 aromatic heterocycles. The highest BCUT2D eigenvalue weighted by Gasteiger charge is 2.53. The molecule has 1 saturated heterocycles. The molecule has 0 radical (unpaired) electrons. The number of aliphatic imine (C=N–C) groups is 1. The molecule has 1 amide bonds. The second-order valence-corrected chi connectivity index (χ2v) is 7.83. The lowest BCUT2D eigenvalue weighted by molar-refractivity contribution is 0.0903. The fourth-order valence-corrected chi connectivity index (χ4v) is 5.10. The van der Waals surface area contributed by atoms with Crippen LogP contribution in [0.15, 0.2) is 59.6 Å². The van der Waals surface area contributed by atoms with Gasteiger partial charge in [0, 0.05) is 22.8 Å². The summed E-state index contributed by atoms with van der Waals surface area (Å²) in [5.74, 6) is 0.296. The SMILES string of the molecule is CC[C@H]1OC[C@]2(c3ccccc3F)N=C(NC(=O)c3ccccc3)SC[C@H]12. The molecule has 4 rings (SSSR count). The minimum atomic E-state index is -0.795. The number of fused-ring (bicyclic) bond motifs is 1. The first kappa shape index (κ1) is 18.2. The standard InChI is InChI=1S/C21H21FN2O2S/c1-2-18-16-12-27-20(23-19(25)14-8-4-3-5-9-14)24-21(16,13-26-18)15-10-6-7-11-17(15)22/h3-11,16,18H,2,12-13H2,1H3,(H,23,24,25)/t16-,18-,21-/m1/s1. The molecule has 0 unspecified atom stereocenters. The van der Waals surface area contributed by atoms with Crippen LogP contribution in [0.3, 0.4) is 0 Å². The molecule has 0 bridgehead atoms. The quantitative estimate of drug-likeness (QED) is 0.871. The number of amides is 1. The van der Waals surface area contributed by atoms with Crippen LogP contribution >= 0.6 is 11.8 Å². The van der Waals surface area contributed by atoms with Gasteiger partial charge < -0.3 is 10.1 Å². The number of hydrogen-bond donors (Lipinski definition) is 1. The molecular weight excluding hydrogens is 363 g/mol. The van der Waals surface area contributed by atoms with Gasteiger partial charge in [0.25, 0.3) is 5.91 Å². The Kier molecular flexibility index (Phi) is 5.02. The molecule has 1 N–H and O–H groups in total. The molecule has 2 aliphatic rings. The van der Waals surface area contributed by atoms with E-state index in [4.69, 9.17) is 9.73 Å². The first-order chi connectivity index (χ1) is 13.1. The Balaban J connectivity index is 1.70. The van der Waals surface area contributed by atoms with Gasteiger partial charge in [-0.2, -0.15) is 0 Å². The van der Waals surface area contributed by atoms with E-state index in [0.29, 0.717) is 22.9 Å². The average Bonchev–Trinajstić information content (AvgIpc) is 3.07. The van der Waals surface area contributed by atoms with Crippen LogP contribution in [0.1, 0.15) is 29.3 Å². The summed E-state index contributed by atoms with van der Waals surface area (Å²) >= 11 is 1.50. The molecule has 2 aromatic carbocycles. The average molecular weight is 384 g/mol. The molecule has 140 valence electrons. The van der Waals surface area contributed by atoms with Gasteiger partial charge in [0.05, 0.1) is 12.7 Å². The molecule has 2 heterocycles. The monoisotopic (exact) mass is 384 g/mol. The zero-order valence-electron chi connectivity index (χ0n) is 15.0. The number of nitrogens with one attached hydrogen (secondary N) is 1. The van der Waals surface area contributed by atoms with Gasteiger partial charge in [0.1, 0.15) is 11.4 Å². The maximum Gasteiger partial charge on any atom is 0.257 e. The molecule has 2 aliphatic heterocycles. The topological polar surface area (TPSA) is 50.7 Å². The van der Waals surface area contributed by atoms with E-state index in [2.05, 4.69) is 12.2 Å². The van der Waals surface area contributed by atoms with Crippen molar-refractivity contribution >= 4 is 22.8 Å². The van der Waals surface area contributed by atoms with Gasteiger partial charge in [-0.1, -0.05) is 55.1 Å². The molecular formula is C21H21FN2O2S. The Bertz CT molecular complexity index is 873. The van der Waals surface area contributed by atoms with Crippen LogP contribution in [0.4, 0.5) is 4.39 Å².